The van der Waals surface area contributed by atoms with Gasteiger partial charge in [0.15, 0.2) is 0 Å². The highest BCUT2D eigenvalue weighted by molar-refractivity contribution is 5.85. The Kier molecular flexibility index (Phi) is 6.54. The third-order valence-electron chi connectivity index (χ3n) is 3.18. The molecule has 2 heterocycles. The first-order chi connectivity index (χ1) is 9.24. The molecule has 2 aromatic rings. The maximum absolute atomic E-state index is 8.84. The van der Waals surface area contributed by atoms with Crippen molar-refractivity contribution in [3.8, 4) is 0 Å². The quantitative estimate of drug-likeness (QED) is 0.821. The molecule has 2 rings (SSSR count). The molecule has 0 radical (unpaired) electrons. The van der Waals surface area contributed by atoms with Crippen molar-refractivity contribution in [2.45, 2.75) is 39.4 Å². The Balaban J connectivity index is 0.00000200. The predicted molar refractivity (Wildman–Crippen MR) is 81.1 cm³/mol. The zero-order valence-electron chi connectivity index (χ0n) is 11.9. The average Bonchev–Trinajstić information content (AvgIpc) is 3.04. The van der Waals surface area contributed by atoms with Crippen molar-refractivity contribution in [1.82, 2.24) is 19.6 Å². The fourth-order valence-corrected chi connectivity index (χ4v) is 1.92. The maximum atomic E-state index is 8.84. The molecular weight excluding hydrogens is 278 g/mol. The van der Waals surface area contributed by atoms with Gasteiger partial charge in [0, 0.05) is 24.5 Å². The Bertz CT molecular complexity index is 510. The van der Waals surface area contributed by atoms with Crippen LogP contribution >= 0.6 is 12.4 Å². The monoisotopic (exact) mass is 299 g/mol. The van der Waals surface area contributed by atoms with Crippen LogP contribution in [0.15, 0.2) is 24.5 Å². The molecule has 0 fully saturated rings. The average molecular weight is 300 g/mol. The number of nitrogens with zero attached hydrogens (tertiary/aromatic N) is 4. The van der Waals surface area contributed by atoms with Gasteiger partial charge < -0.3 is 10.4 Å². The molecule has 0 aliphatic heterocycles. The van der Waals surface area contributed by atoms with Crippen LogP contribution < -0.4 is 5.32 Å². The lowest BCUT2D eigenvalue weighted by Crippen LogP contribution is -2.13. The van der Waals surface area contributed by atoms with Crippen molar-refractivity contribution < 1.29 is 5.11 Å². The minimum atomic E-state index is 0. The fourth-order valence-electron chi connectivity index (χ4n) is 1.92. The summed E-state index contributed by atoms with van der Waals surface area (Å²) in [6.45, 7) is 5.63. The number of rotatable bonds is 7. The van der Waals surface area contributed by atoms with Crippen LogP contribution in [0.3, 0.4) is 0 Å². The van der Waals surface area contributed by atoms with Gasteiger partial charge in [-0.15, -0.1) is 12.4 Å². The van der Waals surface area contributed by atoms with Crippen molar-refractivity contribution in [2.24, 2.45) is 0 Å². The summed E-state index contributed by atoms with van der Waals surface area (Å²) < 4.78 is 3.76. The number of halogens is 1. The number of aliphatic hydroxyl groups is 1. The predicted octanol–water partition coefficient (Wildman–Crippen LogP) is 2.08. The first-order valence-electron chi connectivity index (χ1n) is 6.65. The molecular formula is C13H22ClN5O. The smallest absolute Gasteiger partial charge is 0.148 e. The number of aliphatic hydroxyl groups excluding tert-OH is 1. The fraction of sp³-hybridized carbons (Fsp3) is 0.538. The van der Waals surface area contributed by atoms with Crippen molar-refractivity contribution in [3.05, 3.63) is 30.2 Å². The zero-order valence-corrected chi connectivity index (χ0v) is 12.7. The second-order valence-corrected chi connectivity index (χ2v) is 4.57. The van der Waals surface area contributed by atoms with Gasteiger partial charge in [0.25, 0.3) is 0 Å². The Morgan fingerprint density at radius 3 is 2.90 bits per heavy atom. The first kappa shape index (κ1) is 16.5. The first-order valence-corrected chi connectivity index (χ1v) is 6.65. The lowest BCUT2D eigenvalue weighted by Gasteiger charge is -2.13. The molecule has 0 saturated carbocycles. The summed E-state index contributed by atoms with van der Waals surface area (Å²) >= 11 is 0. The van der Waals surface area contributed by atoms with Gasteiger partial charge in [-0.25, -0.2) is 0 Å². The second-order valence-electron chi connectivity index (χ2n) is 4.57. The van der Waals surface area contributed by atoms with E-state index in [9.17, 15) is 0 Å². The van der Waals surface area contributed by atoms with Crippen molar-refractivity contribution in [1.29, 1.82) is 0 Å². The Morgan fingerprint density at radius 2 is 2.20 bits per heavy atom. The molecule has 2 aromatic heterocycles. The molecule has 7 heteroatoms. The topological polar surface area (TPSA) is 67.9 Å². The second kappa shape index (κ2) is 7.91. The molecule has 0 amide bonds. The third kappa shape index (κ3) is 3.98. The van der Waals surface area contributed by atoms with Crippen LogP contribution in [0.25, 0.3) is 0 Å². The van der Waals surface area contributed by atoms with Gasteiger partial charge in [0.2, 0.25) is 0 Å². The Morgan fingerprint density at radius 1 is 1.40 bits per heavy atom. The summed E-state index contributed by atoms with van der Waals surface area (Å²) in [5.41, 5.74) is 1.14. The number of anilines is 1. The summed E-state index contributed by atoms with van der Waals surface area (Å²) in [6.07, 6.45) is 4.73. The standard InChI is InChI=1S/C13H21N5O.ClH/c1-3-11(2)18-12(4-6-15-18)10-14-13-5-7-17(16-13)8-9-19;/h4-7,11,19H,3,8-10H2,1-2H3,(H,14,16);1H. The zero-order chi connectivity index (χ0) is 13.7. The summed E-state index contributed by atoms with van der Waals surface area (Å²) in [4.78, 5) is 0. The third-order valence-corrected chi connectivity index (χ3v) is 3.18. The molecule has 0 aliphatic carbocycles. The normalized spacial score (nSPS) is 11.9. The number of hydrogen-bond acceptors (Lipinski definition) is 4. The maximum Gasteiger partial charge on any atom is 0.148 e. The molecule has 1 unspecified atom stereocenters. The van der Waals surface area contributed by atoms with Crippen LogP contribution in [0, 0.1) is 0 Å². The van der Waals surface area contributed by atoms with E-state index in [1.165, 1.54) is 0 Å². The number of aromatic nitrogens is 4. The van der Waals surface area contributed by atoms with E-state index < -0.39 is 0 Å². The molecule has 0 spiro atoms. The summed E-state index contributed by atoms with van der Waals surface area (Å²) in [5, 5.41) is 20.8. The highest BCUT2D eigenvalue weighted by Gasteiger charge is 2.08. The van der Waals surface area contributed by atoms with E-state index in [0.717, 1.165) is 17.9 Å². The minimum absolute atomic E-state index is 0. The summed E-state index contributed by atoms with van der Waals surface area (Å²) in [6, 6.07) is 4.32. The number of nitrogens with one attached hydrogen (secondary N) is 1. The van der Waals surface area contributed by atoms with Gasteiger partial charge in [-0.2, -0.15) is 10.2 Å². The highest BCUT2D eigenvalue weighted by Crippen LogP contribution is 2.13. The lowest BCUT2D eigenvalue weighted by atomic mass is 10.2. The molecule has 1 atom stereocenters. The van der Waals surface area contributed by atoms with E-state index in [1.54, 1.807) is 4.68 Å². The van der Waals surface area contributed by atoms with Crippen molar-refractivity contribution in [3.63, 3.8) is 0 Å². The van der Waals surface area contributed by atoms with Crippen LogP contribution in [-0.4, -0.2) is 31.3 Å². The number of hydrogen-bond donors (Lipinski definition) is 2. The summed E-state index contributed by atoms with van der Waals surface area (Å²) in [7, 11) is 0. The van der Waals surface area contributed by atoms with Gasteiger partial charge >= 0.3 is 0 Å². The van der Waals surface area contributed by atoms with Gasteiger partial charge in [0.05, 0.1) is 25.4 Å². The molecule has 112 valence electrons. The van der Waals surface area contributed by atoms with Gasteiger partial charge in [-0.05, 0) is 19.4 Å². The van der Waals surface area contributed by atoms with Crippen molar-refractivity contribution >= 4 is 18.2 Å². The molecule has 0 saturated heterocycles. The summed E-state index contributed by atoms with van der Waals surface area (Å²) in [5.74, 6) is 0.811. The van der Waals surface area contributed by atoms with Gasteiger partial charge in [0.1, 0.15) is 5.82 Å². The largest absolute Gasteiger partial charge is 0.394 e. The molecule has 6 nitrogen and oxygen atoms in total. The SMILES string of the molecule is CCC(C)n1nccc1CNc1ccn(CCO)n1.Cl. The molecule has 20 heavy (non-hydrogen) atoms. The van der Waals surface area contributed by atoms with E-state index in [-0.39, 0.29) is 19.0 Å². The van der Waals surface area contributed by atoms with Crippen LogP contribution in [0.5, 0.6) is 0 Å². The van der Waals surface area contributed by atoms with E-state index in [4.69, 9.17) is 5.11 Å². The van der Waals surface area contributed by atoms with Crippen LogP contribution in [0.4, 0.5) is 5.82 Å². The molecule has 0 aromatic carbocycles. The lowest BCUT2D eigenvalue weighted by molar-refractivity contribution is 0.269. The van der Waals surface area contributed by atoms with Gasteiger partial charge in [-0.1, -0.05) is 6.92 Å². The van der Waals surface area contributed by atoms with E-state index >= 15 is 0 Å². The van der Waals surface area contributed by atoms with E-state index in [2.05, 4.69) is 29.4 Å². The molecule has 0 aliphatic rings. The van der Waals surface area contributed by atoms with Crippen molar-refractivity contribution in [2.75, 3.05) is 11.9 Å². The molecule has 0 bridgehead atoms. The van der Waals surface area contributed by atoms with Crippen LogP contribution in [-0.2, 0) is 13.1 Å². The molecule has 2 N–H and O–H groups in total. The Labute approximate surface area is 125 Å². The van der Waals surface area contributed by atoms with Crippen LogP contribution in [0.2, 0.25) is 0 Å². The van der Waals surface area contributed by atoms with E-state index in [1.807, 2.05) is 29.2 Å². The minimum Gasteiger partial charge on any atom is -0.394 e. The van der Waals surface area contributed by atoms with E-state index in [0.29, 0.717) is 19.1 Å². The Hall–Kier alpha value is -1.53. The highest BCUT2D eigenvalue weighted by atomic mass is 35.5. The van der Waals surface area contributed by atoms with Crippen LogP contribution in [0.1, 0.15) is 32.0 Å². The van der Waals surface area contributed by atoms with Gasteiger partial charge in [-0.3, -0.25) is 9.36 Å².